The number of hydrogen-bond acceptors (Lipinski definition) is 7. The predicted molar refractivity (Wildman–Crippen MR) is 105 cm³/mol. The molecule has 0 radical (unpaired) electrons. The average molecular weight is 390 g/mol. The lowest BCUT2D eigenvalue weighted by Crippen LogP contribution is -2.11. The van der Waals surface area contributed by atoms with Crippen molar-refractivity contribution in [3.8, 4) is 34.8 Å². The fraction of sp³-hybridized carbons (Fsp3) is 0.238. The number of nitrogens with two attached hydrogens (primary N) is 1. The van der Waals surface area contributed by atoms with Crippen LogP contribution in [0.25, 0.3) is 17.2 Å². The van der Waals surface area contributed by atoms with Crippen molar-refractivity contribution < 1.29 is 19.4 Å². The van der Waals surface area contributed by atoms with E-state index in [0.29, 0.717) is 29.0 Å². The van der Waals surface area contributed by atoms with Crippen LogP contribution in [0.3, 0.4) is 0 Å². The van der Waals surface area contributed by atoms with Crippen LogP contribution in [0, 0.1) is 28.6 Å². The Hall–Kier alpha value is -4.04. The van der Waals surface area contributed by atoms with Gasteiger partial charge in [0.25, 0.3) is 0 Å². The van der Waals surface area contributed by atoms with E-state index in [2.05, 4.69) is 11.1 Å². The molecule has 3 rings (SSSR count). The van der Waals surface area contributed by atoms with Crippen molar-refractivity contribution in [3.63, 3.8) is 0 Å². The zero-order valence-corrected chi connectivity index (χ0v) is 15.7. The molecule has 1 unspecified atom stereocenters. The smallest absolute Gasteiger partial charge is 0.306 e. The summed E-state index contributed by atoms with van der Waals surface area (Å²) in [6.45, 7) is 1.90. The minimum absolute atomic E-state index is 0.0101. The molecule has 8 heteroatoms. The van der Waals surface area contributed by atoms with Crippen LogP contribution in [0.5, 0.6) is 11.5 Å². The predicted octanol–water partition coefficient (Wildman–Crippen LogP) is 3.32. The summed E-state index contributed by atoms with van der Waals surface area (Å²) in [7, 11) is 0. The Morgan fingerprint density at radius 1 is 1.31 bits per heavy atom. The van der Waals surface area contributed by atoms with Crippen LogP contribution in [-0.2, 0) is 4.79 Å². The summed E-state index contributed by atoms with van der Waals surface area (Å²) in [4.78, 5) is 15.4. The summed E-state index contributed by atoms with van der Waals surface area (Å²) >= 11 is 0. The van der Waals surface area contributed by atoms with Gasteiger partial charge in [0.05, 0.1) is 17.2 Å². The number of carboxylic acids is 1. The molecule has 0 saturated carbocycles. The number of aromatic nitrogens is 1. The number of carboxylic acid groups (broad SMARTS) is 1. The molecule has 0 fully saturated rings. The van der Waals surface area contributed by atoms with Crippen molar-refractivity contribution in [1.82, 2.24) is 4.98 Å². The molecule has 0 saturated heterocycles. The highest BCUT2D eigenvalue weighted by Crippen LogP contribution is 2.39. The van der Waals surface area contributed by atoms with Gasteiger partial charge in [-0.25, -0.2) is 4.98 Å². The zero-order chi connectivity index (χ0) is 21.0. The Morgan fingerprint density at radius 3 is 2.69 bits per heavy atom. The normalized spacial score (nSPS) is 13.1. The van der Waals surface area contributed by atoms with E-state index in [1.54, 1.807) is 37.3 Å². The fourth-order valence-electron chi connectivity index (χ4n) is 3.10. The van der Waals surface area contributed by atoms with Gasteiger partial charge in [-0.05, 0) is 36.6 Å². The number of benzene rings is 1. The van der Waals surface area contributed by atoms with E-state index in [-0.39, 0.29) is 35.9 Å². The van der Waals surface area contributed by atoms with Crippen LogP contribution in [0.4, 0.5) is 5.82 Å². The van der Waals surface area contributed by atoms with Gasteiger partial charge in [0.1, 0.15) is 23.5 Å². The number of rotatable bonds is 6. The minimum atomic E-state index is -0.883. The van der Waals surface area contributed by atoms with E-state index in [0.717, 1.165) is 0 Å². The van der Waals surface area contributed by atoms with Gasteiger partial charge in [-0.1, -0.05) is 19.1 Å². The maximum Gasteiger partial charge on any atom is 0.306 e. The Labute approximate surface area is 167 Å². The van der Waals surface area contributed by atoms with Gasteiger partial charge in [0.15, 0.2) is 11.5 Å². The molecule has 3 N–H and O–H groups in total. The summed E-state index contributed by atoms with van der Waals surface area (Å²) in [6.07, 6.45) is 3.99. The number of carbonyl (C=O) groups is 1. The van der Waals surface area contributed by atoms with E-state index in [9.17, 15) is 20.4 Å². The molecule has 8 nitrogen and oxygen atoms in total. The van der Waals surface area contributed by atoms with Crippen LogP contribution in [0.1, 0.15) is 36.6 Å². The van der Waals surface area contributed by atoms with E-state index in [1.165, 1.54) is 0 Å². The molecule has 1 aliphatic rings. The number of nitriles is 2. The van der Waals surface area contributed by atoms with Crippen LogP contribution in [0.2, 0.25) is 0 Å². The van der Waals surface area contributed by atoms with Gasteiger partial charge in [-0.2, -0.15) is 10.5 Å². The molecule has 0 amide bonds. The van der Waals surface area contributed by atoms with E-state index >= 15 is 0 Å². The molecule has 0 bridgehead atoms. The number of aliphatic carboxylic acids is 1. The molecule has 0 spiro atoms. The first-order chi connectivity index (χ1) is 14.0. The summed E-state index contributed by atoms with van der Waals surface area (Å²) < 4.78 is 10.7. The van der Waals surface area contributed by atoms with Crippen molar-refractivity contribution in [2.45, 2.75) is 19.8 Å². The third kappa shape index (κ3) is 3.83. The number of nitrogen functional groups attached to an aromatic ring is 1. The molecular formula is C21H18N4O4. The third-order valence-electron chi connectivity index (χ3n) is 4.68. The van der Waals surface area contributed by atoms with E-state index in [1.807, 2.05) is 6.07 Å². The Morgan fingerprint density at radius 2 is 2.03 bits per heavy atom. The van der Waals surface area contributed by atoms with Gasteiger partial charge >= 0.3 is 5.97 Å². The van der Waals surface area contributed by atoms with Crippen LogP contribution < -0.4 is 15.2 Å². The number of anilines is 1. The molecule has 146 valence electrons. The van der Waals surface area contributed by atoms with E-state index in [4.69, 9.17) is 15.2 Å². The number of nitrogens with zero attached hydrogens (tertiary/aromatic N) is 3. The molecule has 2 aromatic rings. The standard InChI is InChI=1S/C21H18N4O4/c1-2-12(21(26)27)4-3-5-16-14(9-22)19(15(10-23)20(24)25-16)13-6-7-17-18(8-13)29-11-28-17/h3,5-8,12H,2,4,11H2,1H3,(H2,24,25)(H,26,27). The lowest BCUT2D eigenvalue weighted by molar-refractivity contribution is -0.141. The van der Waals surface area contributed by atoms with Crippen molar-refractivity contribution in [1.29, 1.82) is 10.5 Å². The van der Waals surface area contributed by atoms with Crippen molar-refractivity contribution in [3.05, 3.63) is 41.1 Å². The second-order valence-corrected chi connectivity index (χ2v) is 6.38. The molecule has 1 aromatic heterocycles. The number of ether oxygens (including phenoxy) is 2. The number of fused-ring (bicyclic) bond motifs is 1. The van der Waals surface area contributed by atoms with Crippen molar-refractivity contribution in [2.75, 3.05) is 12.5 Å². The van der Waals surface area contributed by atoms with Gasteiger partial charge in [-0.15, -0.1) is 0 Å². The first-order valence-electron chi connectivity index (χ1n) is 8.93. The minimum Gasteiger partial charge on any atom is -0.481 e. The second-order valence-electron chi connectivity index (χ2n) is 6.38. The number of pyridine rings is 1. The van der Waals surface area contributed by atoms with Crippen LogP contribution >= 0.6 is 0 Å². The zero-order valence-electron chi connectivity index (χ0n) is 15.7. The van der Waals surface area contributed by atoms with Gasteiger partial charge < -0.3 is 20.3 Å². The second kappa shape index (κ2) is 8.32. The fourth-order valence-corrected chi connectivity index (χ4v) is 3.10. The van der Waals surface area contributed by atoms with Gasteiger partial charge in [-0.3, -0.25) is 4.79 Å². The summed E-state index contributed by atoms with van der Waals surface area (Å²) in [5.41, 5.74) is 7.45. The summed E-state index contributed by atoms with van der Waals surface area (Å²) in [5, 5.41) is 28.5. The lowest BCUT2D eigenvalue weighted by Gasteiger charge is -2.12. The van der Waals surface area contributed by atoms with Crippen molar-refractivity contribution >= 4 is 17.9 Å². The first-order valence-corrected chi connectivity index (χ1v) is 8.93. The van der Waals surface area contributed by atoms with Gasteiger partial charge in [0.2, 0.25) is 6.79 Å². The SMILES string of the molecule is CCC(CC=Cc1nc(N)c(C#N)c(-c2ccc3c(c2)OCO3)c1C#N)C(=O)O. The lowest BCUT2D eigenvalue weighted by atomic mass is 9.93. The van der Waals surface area contributed by atoms with E-state index < -0.39 is 11.9 Å². The van der Waals surface area contributed by atoms with Crippen LogP contribution in [0.15, 0.2) is 24.3 Å². The van der Waals surface area contributed by atoms with Crippen LogP contribution in [-0.4, -0.2) is 22.9 Å². The number of allylic oxidation sites excluding steroid dienone is 1. The highest BCUT2D eigenvalue weighted by atomic mass is 16.7. The Kier molecular flexibility index (Phi) is 5.66. The average Bonchev–Trinajstić information content (AvgIpc) is 3.18. The molecule has 29 heavy (non-hydrogen) atoms. The Bertz CT molecular complexity index is 1080. The molecular weight excluding hydrogens is 372 g/mol. The Balaban J connectivity index is 2.10. The third-order valence-corrected chi connectivity index (χ3v) is 4.68. The van der Waals surface area contributed by atoms with Gasteiger partial charge in [0, 0.05) is 5.56 Å². The molecule has 1 aromatic carbocycles. The highest BCUT2D eigenvalue weighted by molar-refractivity contribution is 5.84. The maximum absolute atomic E-state index is 11.2. The molecule has 2 heterocycles. The topological polar surface area (TPSA) is 142 Å². The molecule has 1 atom stereocenters. The monoisotopic (exact) mass is 390 g/mol. The quantitative estimate of drug-likeness (QED) is 0.765. The highest BCUT2D eigenvalue weighted by Gasteiger charge is 2.22. The first kappa shape index (κ1) is 19.7. The molecule has 1 aliphatic heterocycles. The summed E-state index contributed by atoms with van der Waals surface area (Å²) in [5.74, 6) is -0.335. The van der Waals surface area contributed by atoms with Crippen molar-refractivity contribution in [2.24, 2.45) is 5.92 Å². The number of hydrogen-bond donors (Lipinski definition) is 2. The molecule has 0 aliphatic carbocycles. The largest absolute Gasteiger partial charge is 0.481 e. The maximum atomic E-state index is 11.2. The summed E-state index contributed by atoms with van der Waals surface area (Å²) in [6, 6.07) is 9.22.